The number of nitrogens with one attached hydrogen (secondary N) is 1. The zero-order valence-electron chi connectivity index (χ0n) is 23.9. The Bertz CT molecular complexity index is 1820. The third-order valence-electron chi connectivity index (χ3n) is 8.30. The van der Waals surface area contributed by atoms with Gasteiger partial charge in [-0.15, -0.1) is 0 Å². The van der Waals surface area contributed by atoms with Crippen LogP contribution < -0.4 is 10.8 Å². The SMILES string of the molecule is Cc1c(Cl)cc(C2(C(F)(F)F)CC(c3ccc(C(=O)NCCc4ccc5c(c4)B(O)OC5(C)C)c4cccn34)=NO2)cc1Cl. The molecule has 0 fully saturated rings. The third kappa shape index (κ3) is 5.05. The first kappa shape index (κ1) is 30.5. The van der Waals surface area contributed by atoms with E-state index in [4.69, 9.17) is 32.7 Å². The number of fused-ring (bicyclic) bond motifs is 2. The molecular weight excluding hydrogens is 617 g/mol. The van der Waals surface area contributed by atoms with Crippen molar-refractivity contribution in [2.24, 2.45) is 5.16 Å². The molecule has 2 N–H and O–H groups in total. The molecule has 2 aliphatic rings. The summed E-state index contributed by atoms with van der Waals surface area (Å²) in [6.45, 7) is 5.72. The van der Waals surface area contributed by atoms with Gasteiger partial charge >= 0.3 is 13.3 Å². The van der Waals surface area contributed by atoms with Crippen LogP contribution in [0.2, 0.25) is 10.0 Å². The molecule has 13 heteroatoms. The largest absolute Gasteiger partial charge is 0.492 e. The van der Waals surface area contributed by atoms with Gasteiger partial charge in [0.15, 0.2) is 0 Å². The van der Waals surface area contributed by atoms with E-state index in [-0.39, 0.29) is 27.2 Å². The maximum absolute atomic E-state index is 14.6. The van der Waals surface area contributed by atoms with Gasteiger partial charge in [-0.1, -0.05) is 46.6 Å². The highest BCUT2D eigenvalue weighted by Crippen LogP contribution is 2.50. The molecule has 0 saturated heterocycles. The van der Waals surface area contributed by atoms with E-state index in [0.29, 0.717) is 40.8 Å². The monoisotopic (exact) mass is 643 g/mol. The number of benzene rings is 2. The molecule has 1 amide bonds. The Morgan fingerprint density at radius 1 is 1.14 bits per heavy atom. The van der Waals surface area contributed by atoms with Gasteiger partial charge < -0.3 is 24.2 Å². The van der Waals surface area contributed by atoms with Gasteiger partial charge in [0.2, 0.25) is 0 Å². The molecular formula is C31H27BCl2F3N3O4. The maximum Gasteiger partial charge on any atom is 0.492 e. The van der Waals surface area contributed by atoms with Crippen molar-refractivity contribution in [2.75, 3.05) is 6.54 Å². The van der Waals surface area contributed by atoms with Crippen LogP contribution in [-0.2, 0) is 27.1 Å². The molecule has 1 atom stereocenters. The summed E-state index contributed by atoms with van der Waals surface area (Å²) < 4.78 is 51.0. The van der Waals surface area contributed by atoms with Crippen LogP contribution in [-0.4, -0.2) is 40.9 Å². The van der Waals surface area contributed by atoms with Crippen molar-refractivity contribution in [1.82, 2.24) is 9.72 Å². The van der Waals surface area contributed by atoms with Crippen molar-refractivity contribution in [1.29, 1.82) is 0 Å². The number of alkyl halides is 3. The topological polar surface area (TPSA) is 84.6 Å². The maximum atomic E-state index is 14.6. The highest BCUT2D eigenvalue weighted by atomic mass is 35.5. The molecule has 0 saturated carbocycles. The van der Waals surface area contributed by atoms with Crippen LogP contribution in [0.4, 0.5) is 13.2 Å². The molecule has 0 radical (unpaired) electrons. The summed E-state index contributed by atoms with van der Waals surface area (Å²) in [5.41, 5.74) is 0.641. The Labute approximate surface area is 261 Å². The lowest BCUT2D eigenvalue weighted by molar-refractivity contribution is -0.275. The second-order valence-electron chi connectivity index (χ2n) is 11.5. The van der Waals surface area contributed by atoms with E-state index in [9.17, 15) is 23.0 Å². The fourth-order valence-electron chi connectivity index (χ4n) is 5.83. The molecule has 2 aliphatic heterocycles. The standard InChI is InChI=1S/C31H27BCl2F3N3O4/c1-17-23(33)14-19(15-24(17)34)30(31(35,36)37)16-25(39-44-30)27-9-7-20(26-5-4-12-40(26)27)28(41)38-11-10-18-6-8-21-22(13-18)32(42)43-29(21,2)3/h4-9,12-15,42H,10-11,16H2,1-3H3,(H,38,41). The zero-order chi connectivity index (χ0) is 31.6. The Morgan fingerprint density at radius 3 is 2.57 bits per heavy atom. The molecule has 7 nitrogen and oxygen atoms in total. The van der Waals surface area contributed by atoms with E-state index in [1.807, 2.05) is 32.0 Å². The Kier molecular flexibility index (Phi) is 7.52. The third-order valence-corrected chi connectivity index (χ3v) is 9.09. The van der Waals surface area contributed by atoms with E-state index < -0.39 is 30.9 Å². The molecule has 2 aromatic carbocycles. The smallest absolute Gasteiger partial charge is 0.423 e. The van der Waals surface area contributed by atoms with Crippen molar-refractivity contribution in [2.45, 2.75) is 51.0 Å². The van der Waals surface area contributed by atoms with E-state index in [0.717, 1.165) is 11.1 Å². The minimum absolute atomic E-state index is 0.0502. The summed E-state index contributed by atoms with van der Waals surface area (Å²) in [5.74, 6) is -0.343. The number of aromatic nitrogens is 1. The average Bonchev–Trinajstić information content (AvgIpc) is 3.68. The van der Waals surface area contributed by atoms with Gasteiger partial charge in [-0.3, -0.25) is 4.79 Å². The number of hydrogen-bond donors (Lipinski definition) is 2. The van der Waals surface area contributed by atoms with Gasteiger partial charge in [-0.05, 0) is 85.7 Å². The zero-order valence-corrected chi connectivity index (χ0v) is 25.4. The van der Waals surface area contributed by atoms with Crippen LogP contribution in [0.15, 0.2) is 65.9 Å². The van der Waals surface area contributed by atoms with Crippen LogP contribution in [0.25, 0.3) is 5.52 Å². The second-order valence-corrected chi connectivity index (χ2v) is 12.3. The first-order chi connectivity index (χ1) is 20.7. The van der Waals surface area contributed by atoms with Crippen LogP contribution >= 0.6 is 23.2 Å². The number of oxime groups is 1. The number of hydrogen-bond acceptors (Lipinski definition) is 5. The van der Waals surface area contributed by atoms with Gasteiger partial charge in [0.25, 0.3) is 11.5 Å². The van der Waals surface area contributed by atoms with Gasteiger partial charge in [-0.25, -0.2) is 0 Å². The summed E-state index contributed by atoms with van der Waals surface area (Å²) in [5, 5.41) is 17.2. The molecule has 228 valence electrons. The number of pyridine rings is 1. The van der Waals surface area contributed by atoms with Crippen LogP contribution in [0.3, 0.4) is 0 Å². The average molecular weight is 644 g/mol. The van der Waals surface area contributed by atoms with E-state index in [2.05, 4.69) is 10.5 Å². The van der Waals surface area contributed by atoms with Gasteiger partial charge in [0.05, 0.1) is 28.8 Å². The van der Waals surface area contributed by atoms with Crippen molar-refractivity contribution in [3.63, 3.8) is 0 Å². The van der Waals surface area contributed by atoms with Crippen molar-refractivity contribution < 1.29 is 32.5 Å². The van der Waals surface area contributed by atoms with E-state index in [1.54, 1.807) is 41.8 Å². The van der Waals surface area contributed by atoms with Gasteiger partial charge in [0.1, 0.15) is 5.71 Å². The Balaban J connectivity index is 1.21. The van der Waals surface area contributed by atoms with Gasteiger partial charge in [-0.2, -0.15) is 13.2 Å². The van der Waals surface area contributed by atoms with Crippen LogP contribution in [0, 0.1) is 6.92 Å². The predicted molar refractivity (Wildman–Crippen MR) is 163 cm³/mol. The highest BCUT2D eigenvalue weighted by Gasteiger charge is 2.62. The molecule has 4 aromatic rings. The number of carbonyl (C=O) groups excluding carboxylic acids is 1. The number of rotatable bonds is 6. The molecule has 2 aromatic heterocycles. The molecule has 0 aliphatic carbocycles. The number of carbonyl (C=O) groups is 1. The first-order valence-corrected chi connectivity index (χ1v) is 14.6. The fraction of sp³-hybridized carbons (Fsp3) is 0.290. The fourth-order valence-corrected chi connectivity index (χ4v) is 6.31. The molecule has 1 unspecified atom stereocenters. The summed E-state index contributed by atoms with van der Waals surface area (Å²) in [7, 11) is -1.00. The number of halogens is 5. The highest BCUT2D eigenvalue weighted by molar-refractivity contribution is 6.62. The normalized spacial score (nSPS) is 19.2. The molecule has 6 rings (SSSR count). The Morgan fingerprint density at radius 2 is 1.86 bits per heavy atom. The molecule has 0 spiro atoms. The van der Waals surface area contributed by atoms with Crippen molar-refractivity contribution >= 4 is 52.9 Å². The molecule has 4 heterocycles. The minimum atomic E-state index is -4.84. The summed E-state index contributed by atoms with van der Waals surface area (Å²) >= 11 is 12.4. The van der Waals surface area contributed by atoms with E-state index in [1.165, 1.54) is 12.1 Å². The summed E-state index contributed by atoms with van der Waals surface area (Å²) in [4.78, 5) is 18.4. The Hall–Kier alpha value is -3.51. The van der Waals surface area contributed by atoms with E-state index >= 15 is 0 Å². The number of nitrogens with zero attached hydrogens (tertiary/aromatic N) is 2. The van der Waals surface area contributed by atoms with Crippen LogP contribution in [0.5, 0.6) is 0 Å². The quantitative estimate of drug-likeness (QED) is 0.250. The van der Waals surface area contributed by atoms with Crippen molar-refractivity contribution in [3.8, 4) is 0 Å². The predicted octanol–water partition coefficient (Wildman–Crippen LogP) is 6.06. The number of amides is 1. The summed E-state index contributed by atoms with van der Waals surface area (Å²) in [6, 6.07) is 14.7. The summed E-state index contributed by atoms with van der Waals surface area (Å²) in [6.07, 6.45) is -3.29. The lowest BCUT2D eigenvalue weighted by atomic mass is 9.77. The molecule has 44 heavy (non-hydrogen) atoms. The molecule has 0 bridgehead atoms. The van der Waals surface area contributed by atoms with Gasteiger partial charge in [0, 0.05) is 28.4 Å². The van der Waals surface area contributed by atoms with Crippen molar-refractivity contribution in [3.05, 3.63) is 104 Å². The second kappa shape index (κ2) is 10.8. The first-order valence-electron chi connectivity index (χ1n) is 13.9. The lowest BCUT2D eigenvalue weighted by Gasteiger charge is -2.30. The van der Waals surface area contributed by atoms with Crippen LogP contribution in [0.1, 0.15) is 58.6 Å². The lowest BCUT2D eigenvalue weighted by Crippen LogP contribution is -2.42. The minimum Gasteiger partial charge on any atom is -0.423 e.